The van der Waals surface area contributed by atoms with Crippen LogP contribution < -0.4 is 4.90 Å². The number of halogens is 2. The highest BCUT2D eigenvalue weighted by Crippen LogP contribution is 2.49. The molecule has 6 nitrogen and oxygen atoms in total. The van der Waals surface area contributed by atoms with Gasteiger partial charge in [-0.2, -0.15) is 5.10 Å². The standard InChI is InChI=1S/C32H30F2N4O2S/c1-20-9-8-12-26(21(20)2)38-32-29(30(35-38)22-10-4-3-5-11-22)31(24-14-13-23(33)17-25(24)34)41-19-28(40)37(32)18-27(39)36-15-6-7-16-36/h3-5,8-14,17,31H,6-7,15-16,18-19H2,1-2H3/t31-/m0/s1. The maximum Gasteiger partial charge on any atom is 0.242 e. The van der Waals surface area contributed by atoms with Crippen LogP contribution in [0.25, 0.3) is 16.9 Å². The fourth-order valence-corrected chi connectivity index (χ4v) is 6.84. The van der Waals surface area contributed by atoms with Gasteiger partial charge in [-0.15, -0.1) is 11.8 Å². The van der Waals surface area contributed by atoms with Crippen molar-refractivity contribution in [1.29, 1.82) is 0 Å². The number of nitrogens with zero attached hydrogens (tertiary/aromatic N) is 4. The zero-order valence-corrected chi connectivity index (χ0v) is 23.8. The summed E-state index contributed by atoms with van der Waals surface area (Å²) in [5.41, 5.74) is 5.03. The van der Waals surface area contributed by atoms with Gasteiger partial charge < -0.3 is 4.90 Å². The van der Waals surface area contributed by atoms with E-state index in [9.17, 15) is 14.0 Å². The molecule has 6 rings (SSSR count). The van der Waals surface area contributed by atoms with E-state index in [2.05, 4.69) is 0 Å². The lowest BCUT2D eigenvalue weighted by Crippen LogP contribution is -2.43. The van der Waals surface area contributed by atoms with Crippen LogP contribution in [0.1, 0.15) is 40.3 Å². The van der Waals surface area contributed by atoms with Crippen LogP contribution in [-0.2, 0) is 9.59 Å². The van der Waals surface area contributed by atoms with E-state index >= 15 is 4.39 Å². The Balaban J connectivity index is 1.64. The fraction of sp³-hybridized carbons (Fsp3) is 0.281. The zero-order chi connectivity index (χ0) is 28.7. The summed E-state index contributed by atoms with van der Waals surface area (Å²) in [6.07, 6.45) is 1.87. The van der Waals surface area contributed by atoms with E-state index in [1.54, 1.807) is 9.58 Å². The van der Waals surface area contributed by atoms with Crippen molar-refractivity contribution in [3.8, 4) is 16.9 Å². The third-order valence-electron chi connectivity index (χ3n) is 7.94. The van der Waals surface area contributed by atoms with Crippen molar-refractivity contribution in [3.05, 3.63) is 101 Å². The van der Waals surface area contributed by atoms with E-state index in [-0.39, 0.29) is 29.7 Å². The highest BCUT2D eigenvalue weighted by atomic mass is 32.2. The summed E-state index contributed by atoms with van der Waals surface area (Å²) >= 11 is 1.26. The fourth-order valence-electron chi connectivity index (χ4n) is 5.62. The minimum absolute atomic E-state index is 0.0183. The van der Waals surface area contributed by atoms with Gasteiger partial charge >= 0.3 is 0 Å². The Labute approximate surface area is 242 Å². The van der Waals surface area contributed by atoms with E-state index in [0.29, 0.717) is 30.2 Å². The molecule has 0 aliphatic carbocycles. The summed E-state index contributed by atoms with van der Waals surface area (Å²) in [4.78, 5) is 30.6. The lowest BCUT2D eigenvalue weighted by molar-refractivity contribution is -0.130. The molecule has 0 radical (unpaired) electrons. The molecule has 1 fully saturated rings. The van der Waals surface area contributed by atoms with E-state index in [0.717, 1.165) is 41.3 Å². The van der Waals surface area contributed by atoms with Crippen molar-refractivity contribution in [2.75, 3.05) is 30.3 Å². The van der Waals surface area contributed by atoms with Crippen molar-refractivity contribution >= 4 is 29.4 Å². The molecule has 0 N–H and O–H groups in total. The van der Waals surface area contributed by atoms with Crippen LogP contribution in [0.3, 0.4) is 0 Å². The van der Waals surface area contributed by atoms with E-state index in [1.165, 1.54) is 28.8 Å². The number of anilines is 1. The summed E-state index contributed by atoms with van der Waals surface area (Å²) in [7, 11) is 0. The summed E-state index contributed by atoms with van der Waals surface area (Å²) in [6, 6.07) is 18.9. The second kappa shape index (κ2) is 11.1. The van der Waals surface area contributed by atoms with Crippen LogP contribution in [0.2, 0.25) is 0 Å². The highest BCUT2D eigenvalue weighted by Gasteiger charge is 2.39. The number of carbonyl (C=O) groups excluding carboxylic acids is 2. The highest BCUT2D eigenvalue weighted by molar-refractivity contribution is 8.00. The van der Waals surface area contributed by atoms with Crippen LogP contribution >= 0.6 is 11.8 Å². The Morgan fingerprint density at radius 3 is 2.49 bits per heavy atom. The third kappa shape index (κ3) is 5.03. The van der Waals surface area contributed by atoms with Gasteiger partial charge in [0.1, 0.15) is 24.0 Å². The predicted molar refractivity (Wildman–Crippen MR) is 157 cm³/mol. The maximum atomic E-state index is 15.4. The average molecular weight is 573 g/mol. The molecule has 0 spiro atoms. The first-order valence-corrected chi connectivity index (χ1v) is 14.8. The molecule has 210 valence electrons. The van der Waals surface area contributed by atoms with Crippen LogP contribution in [-0.4, -0.2) is 51.9 Å². The molecular formula is C32H30F2N4O2S. The maximum absolute atomic E-state index is 15.4. The van der Waals surface area contributed by atoms with E-state index in [4.69, 9.17) is 5.10 Å². The monoisotopic (exact) mass is 572 g/mol. The van der Waals surface area contributed by atoms with Crippen LogP contribution in [0, 0.1) is 25.5 Å². The number of hydrogen-bond acceptors (Lipinski definition) is 4. The minimum atomic E-state index is -0.694. The Bertz CT molecular complexity index is 1630. The summed E-state index contributed by atoms with van der Waals surface area (Å²) < 4.78 is 31.1. The largest absolute Gasteiger partial charge is 0.341 e. The Morgan fingerprint density at radius 2 is 1.76 bits per heavy atom. The number of likely N-dealkylation sites (tertiary alicyclic amines) is 1. The summed E-state index contributed by atoms with van der Waals surface area (Å²) in [6.45, 7) is 5.18. The van der Waals surface area contributed by atoms with Gasteiger partial charge in [-0.25, -0.2) is 13.5 Å². The summed E-state index contributed by atoms with van der Waals surface area (Å²) in [5, 5.41) is 4.41. The molecule has 2 aliphatic rings. The molecule has 0 bridgehead atoms. The molecule has 2 aliphatic heterocycles. The first-order valence-electron chi connectivity index (χ1n) is 13.7. The van der Waals surface area contributed by atoms with Gasteiger partial charge in [0.25, 0.3) is 0 Å². The van der Waals surface area contributed by atoms with Crippen molar-refractivity contribution < 1.29 is 18.4 Å². The second-order valence-corrected chi connectivity index (χ2v) is 11.6. The van der Waals surface area contributed by atoms with Crippen molar-refractivity contribution in [2.24, 2.45) is 0 Å². The number of hydrogen-bond donors (Lipinski definition) is 0. The zero-order valence-electron chi connectivity index (χ0n) is 22.9. The van der Waals surface area contributed by atoms with Gasteiger partial charge in [0, 0.05) is 35.8 Å². The molecule has 1 saturated heterocycles. The van der Waals surface area contributed by atoms with Gasteiger partial charge in [-0.3, -0.25) is 14.5 Å². The molecule has 3 heterocycles. The lowest BCUT2D eigenvalue weighted by atomic mass is 9.99. The molecule has 0 saturated carbocycles. The molecule has 41 heavy (non-hydrogen) atoms. The number of fused-ring (bicyclic) bond motifs is 1. The van der Waals surface area contributed by atoms with Crippen molar-refractivity contribution in [1.82, 2.24) is 14.7 Å². The minimum Gasteiger partial charge on any atom is -0.341 e. The van der Waals surface area contributed by atoms with E-state index in [1.807, 2.05) is 62.4 Å². The molecule has 0 unspecified atom stereocenters. The molecule has 9 heteroatoms. The number of carbonyl (C=O) groups is 2. The van der Waals surface area contributed by atoms with E-state index < -0.39 is 16.9 Å². The molecule has 1 aromatic heterocycles. The number of aromatic nitrogens is 2. The number of aryl methyl sites for hydroxylation is 1. The predicted octanol–water partition coefficient (Wildman–Crippen LogP) is 6.23. The number of benzene rings is 3. The average Bonchev–Trinajstić information content (AvgIpc) is 3.61. The third-order valence-corrected chi connectivity index (χ3v) is 9.17. The van der Waals surface area contributed by atoms with Gasteiger partial charge in [0.15, 0.2) is 0 Å². The Kier molecular flexibility index (Phi) is 7.38. The van der Waals surface area contributed by atoms with Crippen molar-refractivity contribution in [3.63, 3.8) is 0 Å². The first-order chi connectivity index (χ1) is 19.8. The lowest BCUT2D eigenvalue weighted by Gasteiger charge is -2.26. The van der Waals surface area contributed by atoms with Crippen LogP contribution in [0.5, 0.6) is 0 Å². The van der Waals surface area contributed by atoms with Gasteiger partial charge in [-0.05, 0) is 49.9 Å². The second-order valence-electron chi connectivity index (χ2n) is 10.5. The molecule has 4 aromatic rings. The molecule has 1 atom stereocenters. The van der Waals surface area contributed by atoms with Gasteiger partial charge in [0.2, 0.25) is 11.8 Å². The Hall–Kier alpha value is -3.98. The molecular weight excluding hydrogens is 542 g/mol. The molecule has 2 amide bonds. The normalized spacial score (nSPS) is 17.1. The number of thioether (sulfide) groups is 1. The van der Waals surface area contributed by atoms with Crippen LogP contribution in [0.15, 0.2) is 66.7 Å². The number of amides is 2. The summed E-state index contributed by atoms with van der Waals surface area (Å²) in [5.74, 6) is -1.30. The number of rotatable bonds is 5. The topological polar surface area (TPSA) is 58.4 Å². The van der Waals surface area contributed by atoms with Gasteiger partial charge in [0.05, 0.1) is 22.4 Å². The Morgan fingerprint density at radius 1 is 1.00 bits per heavy atom. The smallest absolute Gasteiger partial charge is 0.242 e. The quantitative estimate of drug-likeness (QED) is 0.285. The molecule has 3 aromatic carbocycles. The van der Waals surface area contributed by atoms with Crippen LogP contribution in [0.4, 0.5) is 14.6 Å². The van der Waals surface area contributed by atoms with Gasteiger partial charge in [-0.1, -0.05) is 48.5 Å². The SMILES string of the molecule is Cc1cccc(-n2nc(-c3ccccc3)c3c2N(CC(=O)N2CCCC2)C(=O)CS[C@H]3c2ccc(F)cc2F)c1C. The first kappa shape index (κ1) is 27.2. The van der Waals surface area contributed by atoms with Crippen molar-refractivity contribution in [2.45, 2.75) is 31.9 Å².